The Morgan fingerprint density at radius 3 is 2.00 bits per heavy atom. The van der Waals surface area contributed by atoms with E-state index >= 15 is 0 Å². The van der Waals surface area contributed by atoms with Crippen LogP contribution < -0.4 is 0 Å². The molecule has 100 valence electrons. The summed E-state index contributed by atoms with van der Waals surface area (Å²) >= 11 is 0. The second-order valence-electron chi connectivity index (χ2n) is 5.65. The fraction of sp³-hybridized carbons (Fsp3) is 0.923. The van der Waals surface area contributed by atoms with E-state index in [1.807, 2.05) is 13.8 Å². The lowest BCUT2D eigenvalue weighted by Crippen LogP contribution is -2.62. The first-order chi connectivity index (χ1) is 7.77. The number of carbonyl (C=O) groups excluding carboxylic acids is 1. The van der Waals surface area contributed by atoms with Gasteiger partial charge in [-0.3, -0.25) is 4.79 Å². The first-order valence-corrected chi connectivity index (χ1v) is 6.44. The van der Waals surface area contributed by atoms with E-state index in [1.54, 1.807) is 0 Å². The summed E-state index contributed by atoms with van der Waals surface area (Å²) < 4.78 is 5.36. The number of hydroxylamine groups is 2. The molecule has 0 aromatic rings. The Balaban J connectivity index is 2.93. The minimum atomic E-state index is -0.316. The molecule has 0 spiro atoms. The molecule has 0 bridgehead atoms. The molecule has 2 atom stereocenters. The van der Waals surface area contributed by atoms with E-state index in [2.05, 4.69) is 13.8 Å². The summed E-state index contributed by atoms with van der Waals surface area (Å²) in [5, 5.41) is 11.9. The molecular formula is C13H25NO3. The molecule has 0 amide bonds. The molecule has 1 saturated heterocycles. The average Bonchev–Trinajstić information content (AvgIpc) is 2.25. The largest absolute Gasteiger partial charge is 0.462 e. The molecule has 17 heavy (non-hydrogen) atoms. The third kappa shape index (κ3) is 2.80. The maximum Gasteiger partial charge on any atom is 0.302 e. The van der Waals surface area contributed by atoms with E-state index in [0.29, 0.717) is 12.8 Å². The van der Waals surface area contributed by atoms with Crippen LogP contribution in [-0.2, 0) is 9.53 Å². The van der Waals surface area contributed by atoms with Crippen molar-refractivity contribution in [1.82, 2.24) is 5.06 Å². The molecule has 1 heterocycles. The van der Waals surface area contributed by atoms with Crippen molar-refractivity contribution in [2.45, 2.75) is 77.5 Å². The second-order valence-corrected chi connectivity index (χ2v) is 5.65. The fourth-order valence-electron chi connectivity index (χ4n) is 2.78. The van der Waals surface area contributed by atoms with Crippen LogP contribution in [0.25, 0.3) is 0 Å². The quantitative estimate of drug-likeness (QED) is 0.774. The highest BCUT2D eigenvalue weighted by Gasteiger charge is 2.49. The van der Waals surface area contributed by atoms with E-state index in [1.165, 1.54) is 12.0 Å². The fourth-order valence-corrected chi connectivity index (χ4v) is 2.78. The summed E-state index contributed by atoms with van der Waals surface area (Å²) in [4.78, 5) is 11.1. The summed E-state index contributed by atoms with van der Waals surface area (Å²) in [5.41, 5.74) is -0.633. The van der Waals surface area contributed by atoms with Gasteiger partial charge in [-0.05, 0) is 26.7 Å². The highest BCUT2D eigenvalue weighted by atomic mass is 16.5. The summed E-state index contributed by atoms with van der Waals surface area (Å²) in [7, 11) is 0. The van der Waals surface area contributed by atoms with Crippen LogP contribution >= 0.6 is 0 Å². The average molecular weight is 243 g/mol. The van der Waals surface area contributed by atoms with Gasteiger partial charge in [-0.1, -0.05) is 13.8 Å². The van der Waals surface area contributed by atoms with Crippen LogP contribution in [0.4, 0.5) is 0 Å². The van der Waals surface area contributed by atoms with Crippen LogP contribution in [0.15, 0.2) is 0 Å². The Hall–Kier alpha value is -0.610. The van der Waals surface area contributed by atoms with Gasteiger partial charge in [0.05, 0.1) is 0 Å². The zero-order valence-corrected chi connectivity index (χ0v) is 11.6. The van der Waals surface area contributed by atoms with Crippen LogP contribution in [-0.4, -0.2) is 33.4 Å². The normalized spacial score (nSPS) is 39.1. The lowest BCUT2D eigenvalue weighted by molar-refractivity contribution is -0.270. The predicted molar refractivity (Wildman–Crippen MR) is 65.8 cm³/mol. The number of carbonyl (C=O) groups is 1. The van der Waals surface area contributed by atoms with Gasteiger partial charge in [0.1, 0.15) is 6.10 Å². The van der Waals surface area contributed by atoms with Gasteiger partial charge in [0.25, 0.3) is 0 Å². The molecule has 0 radical (unpaired) electrons. The van der Waals surface area contributed by atoms with Gasteiger partial charge in [0.15, 0.2) is 0 Å². The van der Waals surface area contributed by atoms with E-state index in [4.69, 9.17) is 4.74 Å². The number of ether oxygens (including phenoxy) is 1. The molecule has 1 aliphatic rings. The van der Waals surface area contributed by atoms with Crippen molar-refractivity contribution in [3.05, 3.63) is 0 Å². The van der Waals surface area contributed by atoms with Crippen molar-refractivity contribution in [2.24, 2.45) is 0 Å². The van der Waals surface area contributed by atoms with Crippen molar-refractivity contribution in [2.75, 3.05) is 0 Å². The van der Waals surface area contributed by atoms with Crippen molar-refractivity contribution < 1.29 is 14.7 Å². The monoisotopic (exact) mass is 243 g/mol. The summed E-state index contributed by atoms with van der Waals surface area (Å²) in [6.07, 6.45) is 2.95. The minimum Gasteiger partial charge on any atom is -0.462 e. The molecule has 4 nitrogen and oxygen atoms in total. The van der Waals surface area contributed by atoms with Gasteiger partial charge in [-0.15, -0.1) is 0 Å². The van der Waals surface area contributed by atoms with Crippen molar-refractivity contribution in [3.8, 4) is 0 Å². The molecule has 1 aliphatic heterocycles. The molecular weight excluding hydrogens is 218 g/mol. The maximum atomic E-state index is 11.1. The molecule has 1 N–H and O–H groups in total. The predicted octanol–water partition coefficient (Wildman–Crippen LogP) is 2.74. The second kappa shape index (κ2) is 4.94. The van der Waals surface area contributed by atoms with Gasteiger partial charge in [-0.25, -0.2) is 0 Å². The molecule has 1 fully saturated rings. The third-order valence-corrected chi connectivity index (χ3v) is 4.21. The smallest absolute Gasteiger partial charge is 0.302 e. The Labute approximate surface area is 104 Å². The Bertz CT molecular complexity index is 274. The van der Waals surface area contributed by atoms with E-state index in [-0.39, 0.29) is 23.2 Å². The van der Waals surface area contributed by atoms with Gasteiger partial charge < -0.3 is 9.94 Å². The molecule has 0 saturated carbocycles. The SMILES string of the molecule is CCC1(C)CC(OC(C)=O)CC(C)(CC)N1O. The van der Waals surface area contributed by atoms with Crippen molar-refractivity contribution >= 4 is 5.97 Å². The van der Waals surface area contributed by atoms with Gasteiger partial charge in [0, 0.05) is 30.8 Å². The van der Waals surface area contributed by atoms with Crippen LogP contribution in [0.1, 0.15) is 60.3 Å². The van der Waals surface area contributed by atoms with Gasteiger partial charge in [-0.2, -0.15) is 5.06 Å². The highest BCUT2D eigenvalue weighted by molar-refractivity contribution is 5.66. The lowest BCUT2D eigenvalue weighted by atomic mass is 9.76. The van der Waals surface area contributed by atoms with Gasteiger partial charge in [0.2, 0.25) is 0 Å². The Morgan fingerprint density at radius 2 is 1.71 bits per heavy atom. The minimum absolute atomic E-state index is 0.0919. The van der Waals surface area contributed by atoms with Crippen molar-refractivity contribution in [3.63, 3.8) is 0 Å². The number of esters is 1. The Morgan fingerprint density at radius 1 is 1.29 bits per heavy atom. The number of hydrogen-bond acceptors (Lipinski definition) is 4. The summed E-state index contributed by atoms with van der Waals surface area (Å²) in [6, 6.07) is 0. The molecule has 0 aliphatic carbocycles. The van der Waals surface area contributed by atoms with Crippen molar-refractivity contribution in [1.29, 1.82) is 0 Å². The number of piperidine rings is 1. The highest BCUT2D eigenvalue weighted by Crippen LogP contribution is 2.41. The molecule has 4 heteroatoms. The Kier molecular flexibility index (Phi) is 4.20. The zero-order chi connectivity index (χ0) is 13.3. The molecule has 0 aromatic carbocycles. The van der Waals surface area contributed by atoms with Crippen LogP contribution in [0.3, 0.4) is 0 Å². The zero-order valence-electron chi connectivity index (χ0n) is 11.6. The van der Waals surface area contributed by atoms with E-state index < -0.39 is 0 Å². The third-order valence-electron chi connectivity index (χ3n) is 4.21. The molecule has 0 aromatic heterocycles. The maximum absolute atomic E-state index is 11.1. The number of rotatable bonds is 3. The van der Waals surface area contributed by atoms with Gasteiger partial charge >= 0.3 is 5.97 Å². The molecule has 2 unspecified atom stereocenters. The van der Waals surface area contributed by atoms with E-state index in [0.717, 1.165) is 12.8 Å². The summed E-state index contributed by atoms with van der Waals surface area (Å²) in [6.45, 7) is 9.59. The molecule has 1 rings (SSSR count). The first kappa shape index (κ1) is 14.5. The van der Waals surface area contributed by atoms with Crippen LogP contribution in [0.5, 0.6) is 0 Å². The number of hydrogen-bond donors (Lipinski definition) is 1. The van der Waals surface area contributed by atoms with Crippen LogP contribution in [0, 0.1) is 0 Å². The van der Waals surface area contributed by atoms with E-state index in [9.17, 15) is 10.0 Å². The van der Waals surface area contributed by atoms with Crippen LogP contribution in [0.2, 0.25) is 0 Å². The lowest BCUT2D eigenvalue weighted by Gasteiger charge is -2.53. The topological polar surface area (TPSA) is 49.8 Å². The first-order valence-electron chi connectivity index (χ1n) is 6.44. The standard InChI is InChI=1S/C13H25NO3/c1-6-12(4)8-11(17-10(3)15)9-13(5,7-2)14(12)16/h11,16H,6-9H2,1-5H3. The summed E-state index contributed by atoms with van der Waals surface area (Å²) in [5.74, 6) is -0.238. The number of nitrogens with zero attached hydrogens (tertiary/aromatic N) is 1.